The molecule has 2 aliphatic heterocycles. The van der Waals surface area contributed by atoms with E-state index in [1.807, 2.05) is 13.0 Å². The lowest BCUT2D eigenvalue weighted by molar-refractivity contribution is -0.152. The Bertz CT molecular complexity index is 473. The first-order chi connectivity index (χ1) is 9.72. The SMILES string of the molecule is CCOC(=O)[C@@H]1C2CCC(C[C@H]1c1ccccc1)N2C. The fourth-order valence-corrected chi connectivity index (χ4v) is 4.07. The minimum atomic E-state index is -0.0152. The van der Waals surface area contributed by atoms with Crippen molar-refractivity contribution in [3.63, 3.8) is 0 Å². The summed E-state index contributed by atoms with van der Waals surface area (Å²) in [5, 5.41) is 0. The van der Waals surface area contributed by atoms with Crippen LogP contribution in [0.2, 0.25) is 0 Å². The van der Waals surface area contributed by atoms with Gasteiger partial charge in [-0.25, -0.2) is 0 Å². The summed E-state index contributed by atoms with van der Waals surface area (Å²) in [6, 6.07) is 11.4. The third-order valence-corrected chi connectivity index (χ3v) is 5.06. The van der Waals surface area contributed by atoms with E-state index in [0.717, 1.165) is 12.8 Å². The van der Waals surface area contributed by atoms with Gasteiger partial charge in [0.25, 0.3) is 0 Å². The van der Waals surface area contributed by atoms with Crippen LogP contribution in [0.3, 0.4) is 0 Å². The molecular weight excluding hydrogens is 250 g/mol. The summed E-state index contributed by atoms with van der Waals surface area (Å²) in [6.07, 6.45) is 3.40. The van der Waals surface area contributed by atoms with E-state index < -0.39 is 0 Å². The van der Waals surface area contributed by atoms with Gasteiger partial charge in [-0.15, -0.1) is 0 Å². The molecule has 0 N–H and O–H groups in total. The molecule has 4 atom stereocenters. The van der Waals surface area contributed by atoms with Gasteiger partial charge in [-0.1, -0.05) is 30.3 Å². The normalized spacial score (nSPS) is 33.1. The Morgan fingerprint density at radius 2 is 2.05 bits per heavy atom. The Labute approximate surface area is 120 Å². The maximum Gasteiger partial charge on any atom is 0.311 e. The van der Waals surface area contributed by atoms with E-state index in [4.69, 9.17) is 4.74 Å². The van der Waals surface area contributed by atoms with Crippen LogP contribution in [0, 0.1) is 5.92 Å². The van der Waals surface area contributed by atoms with Crippen molar-refractivity contribution in [3.8, 4) is 0 Å². The molecule has 2 fully saturated rings. The topological polar surface area (TPSA) is 29.5 Å². The number of hydrogen-bond donors (Lipinski definition) is 0. The Morgan fingerprint density at radius 1 is 1.30 bits per heavy atom. The van der Waals surface area contributed by atoms with Gasteiger partial charge in [0.1, 0.15) is 0 Å². The highest BCUT2D eigenvalue weighted by molar-refractivity contribution is 5.75. The number of fused-ring (bicyclic) bond motifs is 2. The van der Waals surface area contributed by atoms with Crippen molar-refractivity contribution in [3.05, 3.63) is 35.9 Å². The lowest BCUT2D eigenvalue weighted by Crippen LogP contribution is -2.49. The Morgan fingerprint density at radius 3 is 2.75 bits per heavy atom. The van der Waals surface area contributed by atoms with Gasteiger partial charge < -0.3 is 4.74 Å². The zero-order valence-corrected chi connectivity index (χ0v) is 12.3. The average Bonchev–Trinajstić information content (AvgIpc) is 2.72. The van der Waals surface area contributed by atoms with Crippen LogP contribution in [0.5, 0.6) is 0 Å². The Balaban J connectivity index is 1.92. The van der Waals surface area contributed by atoms with E-state index >= 15 is 0 Å². The van der Waals surface area contributed by atoms with Gasteiger partial charge in [-0.05, 0) is 38.8 Å². The van der Waals surface area contributed by atoms with Gasteiger partial charge >= 0.3 is 5.97 Å². The van der Waals surface area contributed by atoms with Gasteiger partial charge in [-0.3, -0.25) is 9.69 Å². The number of hydrogen-bond acceptors (Lipinski definition) is 3. The molecule has 3 rings (SSSR count). The number of benzene rings is 1. The summed E-state index contributed by atoms with van der Waals surface area (Å²) >= 11 is 0. The molecule has 108 valence electrons. The van der Waals surface area contributed by atoms with Crippen molar-refractivity contribution in [1.82, 2.24) is 4.90 Å². The van der Waals surface area contributed by atoms with Crippen LogP contribution in [0.25, 0.3) is 0 Å². The van der Waals surface area contributed by atoms with E-state index in [1.54, 1.807) is 0 Å². The molecular formula is C17H23NO2. The number of piperidine rings is 1. The minimum Gasteiger partial charge on any atom is -0.466 e. The second kappa shape index (κ2) is 5.57. The fourth-order valence-electron chi connectivity index (χ4n) is 4.07. The molecule has 2 saturated heterocycles. The summed E-state index contributed by atoms with van der Waals surface area (Å²) < 4.78 is 5.37. The monoisotopic (exact) mass is 273 g/mol. The second-order valence-corrected chi connectivity index (χ2v) is 5.99. The molecule has 0 radical (unpaired) electrons. The van der Waals surface area contributed by atoms with Crippen LogP contribution in [0.1, 0.15) is 37.7 Å². The molecule has 0 aromatic heterocycles. The van der Waals surface area contributed by atoms with Crippen molar-refractivity contribution < 1.29 is 9.53 Å². The van der Waals surface area contributed by atoms with Gasteiger partial charge in [0.15, 0.2) is 0 Å². The Kier molecular flexibility index (Phi) is 3.79. The van der Waals surface area contributed by atoms with E-state index in [0.29, 0.717) is 24.6 Å². The van der Waals surface area contributed by atoms with Crippen molar-refractivity contribution in [2.24, 2.45) is 5.92 Å². The summed E-state index contributed by atoms with van der Waals surface area (Å²) in [6.45, 7) is 2.36. The molecule has 20 heavy (non-hydrogen) atoms. The molecule has 0 saturated carbocycles. The number of ether oxygens (including phenoxy) is 1. The van der Waals surface area contributed by atoms with Crippen LogP contribution < -0.4 is 0 Å². The molecule has 1 aromatic rings. The molecule has 2 unspecified atom stereocenters. The van der Waals surface area contributed by atoms with Crippen LogP contribution in [0.4, 0.5) is 0 Å². The highest BCUT2D eigenvalue weighted by atomic mass is 16.5. The third kappa shape index (κ3) is 2.24. The van der Waals surface area contributed by atoms with Crippen molar-refractivity contribution in [1.29, 1.82) is 0 Å². The van der Waals surface area contributed by atoms with Gasteiger partial charge in [0.2, 0.25) is 0 Å². The number of carbonyl (C=O) groups excluding carboxylic acids is 1. The zero-order valence-electron chi connectivity index (χ0n) is 12.3. The lowest BCUT2D eigenvalue weighted by atomic mass is 9.76. The molecule has 3 heteroatoms. The fraction of sp³-hybridized carbons (Fsp3) is 0.588. The summed E-state index contributed by atoms with van der Waals surface area (Å²) in [5.41, 5.74) is 1.29. The summed E-state index contributed by atoms with van der Waals surface area (Å²) in [7, 11) is 2.16. The Hall–Kier alpha value is -1.35. The quantitative estimate of drug-likeness (QED) is 0.793. The highest BCUT2D eigenvalue weighted by Gasteiger charge is 2.49. The molecule has 1 aromatic carbocycles. The maximum atomic E-state index is 12.5. The van der Waals surface area contributed by atoms with Crippen molar-refractivity contribution >= 4 is 5.97 Å². The van der Waals surface area contributed by atoms with Gasteiger partial charge in [-0.2, -0.15) is 0 Å². The van der Waals surface area contributed by atoms with E-state index in [2.05, 4.69) is 36.2 Å². The number of carbonyl (C=O) groups is 1. The molecule has 2 heterocycles. The predicted molar refractivity (Wildman–Crippen MR) is 78.5 cm³/mol. The molecule has 2 bridgehead atoms. The molecule has 0 spiro atoms. The standard InChI is InChI=1S/C17H23NO2/c1-3-20-17(19)16-14(12-7-5-4-6-8-12)11-13-9-10-15(16)18(13)2/h4-8,13-16H,3,9-11H2,1-2H3/t13?,14-,15?,16-/m0/s1. The number of nitrogens with zero attached hydrogens (tertiary/aromatic N) is 1. The number of esters is 1. The maximum absolute atomic E-state index is 12.5. The van der Waals surface area contributed by atoms with Gasteiger partial charge in [0.05, 0.1) is 12.5 Å². The van der Waals surface area contributed by atoms with Crippen LogP contribution >= 0.6 is 0 Å². The van der Waals surface area contributed by atoms with Crippen molar-refractivity contribution in [2.45, 2.75) is 44.2 Å². The van der Waals surface area contributed by atoms with Crippen LogP contribution in [-0.4, -0.2) is 36.6 Å². The minimum absolute atomic E-state index is 0.0129. The van der Waals surface area contributed by atoms with E-state index in [1.165, 1.54) is 12.0 Å². The molecule has 3 nitrogen and oxygen atoms in total. The van der Waals surface area contributed by atoms with Gasteiger partial charge in [0, 0.05) is 18.0 Å². The van der Waals surface area contributed by atoms with E-state index in [-0.39, 0.29) is 11.9 Å². The summed E-state index contributed by atoms with van der Waals surface area (Å²) in [5.74, 6) is 0.281. The highest BCUT2D eigenvalue weighted by Crippen LogP contribution is 2.46. The molecule has 2 aliphatic rings. The first-order valence-electron chi connectivity index (χ1n) is 7.66. The zero-order chi connectivity index (χ0) is 14.1. The third-order valence-electron chi connectivity index (χ3n) is 5.06. The predicted octanol–water partition coefficient (Wildman–Crippen LogP) is 2.82. The summed E-state index contributed by atoms with van der Waals surface area (Å²) in [4.78, 5) is 14.9. The van der Waals surface area contributed by atoms with Crippen LogP contribution in [-0.2, 0) is 9.53 Å². The first-order valence-corrected chi connectivity index (χ1v) is 7.66. The number of rotatable bonds is 3. The molecule has 0 amide bonds. The average molecular weight is 273 g/mol. The van der Waals surface area contributed by atoms with Crippen LogP contribution in [0.15, 0.2) is 30.3 Å². The van der Waals surface area contributed by atoms with E-state index in [9.17, 15) is 4.79 Å². The second-order valence-electron chi connectivity index (χ2n) is 5.99. The largest absolute Gasteiger partial charge is 0.466 e. The first kappa shape index (κ1) is 13.6. The van der Waals surface area contributed by atoms with Crippen molar-refractivity contribution in [2.75, 3.05) is 13.7 Å². The molecule has 0 aliphatic carbocycles. The lowest BCUT2D eigenvalue weighted by Gasteiger charge is -2.41. The smallest absolute Gasteiger partial charge is 0.311 e.